The van der Waals surface area contributed by atoms with Crippen LogP contribution in [-0.4, -0.2) is 48.3 Å². The van der Waals surface area contributed by atoms with Gasteiger partial charge in [0.05, 0.1) is 11.8 Å². The summed E-state index contributed by atoms with van der Waals surface area (Å²) >= 11 is 0. The maximum absolute atomic E-state index is 12.4. The van der Waals surface area contributed by atoms with Gasteiger partial charge < -0.3 is 10.1 Å². The maximum Gasteiger partial charge on any atom is 0.326 e. The van der Waals surface area contributed by atoms with Gasteiger partial charge in [0.25, 0.3) is 5.91 Å². The molecule has 7 heteroatoms. The quantitative estimate of drug-likeness (QED) is 0.520. The summed E-state index contributed by atoms with van der Waals surface area (Å²) in [5.74, 6) is -1.83. The second-order valence-electron chi connectivity index (χ2n) is 8.42. The molecule has 1 aliphatic heterocycles. The van der Waals surface area contributed by atoms with Crippen LogP contribution in [0.1, 0.15) is 56.6 Å². The zero-order chi connectivity index (χ0) is 21.7. The van der Waals surface area contributed by atoms with Crippen molar-refractivity contribution in [3.05, 3.63) is 35.4 Å². The monoisotopic (exact) mass is 414 g/mol. The molecule has 2 atom stereocenters. The molecule has 1 heterocycles. The van der Waals surface area contributed by atoms with Gasteiger partial charge in [-0.2, -0.15) is 0 Å². The fraction of sp³-hybridized carbons (Fsp3) is 0.565. The van der Waals surface area contributed by atoms with Crippen LogP contribution in [0, 0.1) is 11.8 Å². The number of rotatable bonds is 8. The van der Waals surface area contributed by atoms with Crippen molar-refractivity contribution in [2.24, 2.45) is 11.8 Å². The van der Waals surface area contributed by atoms with Gasteiger partial charge in [0, 0.05) is 6.54 Å². The fourth-order valence-corrected chi connectivity index (χ4v) is 4.17. The lowest BCUT2D eigenvalue weighted by Crippen LogP contribution is -2.38. The summed E-state index contributed by atoms with van der Waals surface area (Å²) in [7, 11) is 0. The second-order valence-corrected chi connectivity index (χ2v) is 8.42. The highest BCUT2D eigenvalue weighted by Gasteiger charge is 2.48. The minimum absolute atomic E-state index is 0.283. The molecule has 3 amide bonds. The third kappa shape index (κ3) is 5.26. The van der Waals surface area contributed by atoms with E-state index in [0.717, 1.165) is 23.3 Å². The maximum atomic E-state index is 12.4. The number of carbonyl (C=O) groups excluding carboxylic acids is 4. The van der Waals surface area contributed by atoms with E-state index in [2.05, 4.69) is 31.3 Å². The van der Waals surface area contributed by atoms with Crippen LogP contribution in [-0.2, 0) is 30.3 Å². The molecule has 7 nitrogen and oxygen atoms in total. The van der Waals surface area contributed by atoms with E-state index in [1.807, 2.05) is 12.1 Å². The van der Waals surface area contributed by atoms with Crippen molar-refractivity contribution < 1.29 is 23.9 Å². The number of imide groups is 1. The lowest BCUT2D eigenvalue weighted by atomic mass is 9.81. The SMILES string of the molecule is CC(C)c1ccc(CCNC(=O)COC(=O)CN2C(=O)[C@H]3CCCC[C@H]3C2=O)cc1. The Morgan fingerprint density at radius 1 is 1.07 bits per heavy atom. The highest BCUT2D eigenvalue weighted by atomic mass is 16.5. The van der Waals surface area contributed by atoms with E-state index in [-0.39, 0.29) is 23.7 Å². The average molecular weight is 415 g/mol. The lowest BCUT2D eigenvalue weighted by Gasteiger charge is -2.19. The van der Waals surface area contributed by atoms with Crippen LogP contribution < -0.4 is 5.32 Å². The first kappa shape index (κ1) is 22.0. The minimum atomic E-state index is -0.741. The van der Waals surface area contributed by atoms with Gasteiger partial charge in [-0.1, -0.05) is 51.0 Å². The normalized spacial score (nSPS) is 21.0. The minimum Gasteiger partial charge on any atom is -0.454 e. The molecule has 2 aliphatic rings. The molecule has 0 unspecified atom stereocenters. The zero-order valence-corrected chi connectivity index (χ0v) is 17.7. The van der Waals surface area contributed by atoms with E-state index < -0.39 is 25.0 Å². The van der Waals surface area contributed by atoms with E-state index in [4.69, 9.17) is 4.74 Å². The number of esters is 1. The van der Waals surface area contributed by atoms with E-state index in [1.165, 1.54) is 5.56 Å². The Morgan fingerprint density at radius 2 is 1.67 bits per heavy atom. The van der Waals surface area contributed by atoms with Crippen LogP contribution in [0.25, 0.3) is 0 Å². The van der Waals surface area contributed by atoms with Gasteiger partial charge >= 0.3 is 5.97 Å². The summed E-state index contributed by atoms with van der Waals surface area (Å²) in [6.45, 7) is 3.87. The molecule has 1 saturated heterocycles. The summed E-state index contributed by atoms with van der Waals surface area (Å²) in [6, 6.07) is 8.26. The predicted octanol–water partition coefficient (Wildman–Crippen LogP) is 2.19. The van der Waals surface area contributed by atoms with Crippen LogP contribution in [0.15, 0.2) is 24.3 Å². The fourth-order valence-electron chi connectivity index (χ4n) is 4.17. The lowest BCUT2D eigenvalue weighted by molar-refractivity contribution is -0.154. The van der Waals surface area contributed by atoms with Crippen molar-refractivity contribution in [3.8, 4) is 0 Å². The Labute approximate surface area is 177 Å². The molecule has 30 heavy (non-hydrogen) atoms. The van der Waals surface area contributed by atoms with Crippen molar-refractivity contribution in [2.45, 2.75) is 51.9 Å². The van der Waals surface area contributed by atoms with Crippen LogP contribution in [0.2, 0.25) is 0 Å². The number of ether oxygens (including phenoxy) is 1. The Bertz CT molecular complexity index is 778. The Morgan fingerprint density at radius 3 is 2.23 bits per heavy atom. The smallest absolute Gasteiger partial charge is 0.326 e. The van der Waals surface area contributed by atoms with Crippen LogP contribution in [0.5, 0.6) is 0 Å². The third-order valence-electron chi connectivity index (χ3n) is 5.97. The molecule has 0 bridgehead atoms. The third-order valence-corrected chi connectivity index (χ3v) is 5.97. The molecule has 162 valence electrons. The number of likely N-dealkylation sites (tertiary alicyclic amines) is 1. The Hall–Kier alpha value is -2.70. The summed E-state index contributed by atoms with van der Waals surface area (Å²) < 4.78 is 4.96. The molecule has 1 aromatic carbocycles. The Kier molecular flexibility index (Phi) is 7.24. The number of amides is 3. The average Bonchev–Trinajstić information content (AvgIpc) is 2.98. The zero-order valence-electron chi connectivity index (χ0n) is 17.7. The molecular formula is C23H30N2O5. The van der Waals surface area contributed by atoms with Crippen molar-refractivity contribution >= 4 is 23.7 Å². The molecule has 1 aromatic rings. The number of hydrogen-bond donors (Lipinski definition) is 1. The molecule has 0 aromatic heterocycles. The highest BCUT2D eigenvalue weighted by molar-refractivity contribution is 6.07. The van der Waals surface area contributed by atoms with Gasteiger partial charge in [0.2, 0.25) is 11.8 Å². The molecule has 3 rings (SSSR count). The first-order valence-corrected chi connectivity index (χ1v) is 10.7. The summed E-state index contributed by atoms with van der Waals surface area (Å²) in [4.78, 5) is 49.7. The van der Waals surface area contributed by atoms with E-state index in [0.29, 0.717) is 31.7 Å². The molecule has 1 saturated carbocycles. The first-order chi connectivity index (χ1) is 14.4. The molecule has 0 spiro atoms. The second kappa shape index (κ2) is 9.87. The molecule has 0 radical (unpaired) electrons. The van der Waals surface area contributed by atoms with E-state index in [1.54, 1.807) is 0 Å². The van der Waals surface area contributed by atoms with Gasteiger partial charge in [-0.15, -0.1) is 0 Å². The highest BCUT2D eigenvalue weighted by Crippen LogP contribution is 2.37. The van der Waals surface area contributed by atoms with Gasteiger partial charge in [-0.05, 0) is 36.3 Å². The van der Waals surface area contributed by atoms with Gasteiger partial charge in [0.1, 0.15) is 6.54 Å². The molecule has 1 N–H and O–H groups in total. The number of fused-ring (bicyclic) bond motifs is 1. The van der Waals surface area contributed by atoms with Gasteiger partial charge in [-0.3, -0.25) is 24.1 Å². The number of nitrogens with zero attached hydrogens (tertiary/aromatic N) is 1. The molecule has 2 fully saturated rings. The van der Waals surface area contributed by atoms with Crippen LogP contribution >= 0.6 is 0 Å². The van der Waals surface area contributed by atoms with E-state index >= 15 is 0 Å². The van der Waals surface area contributed by atoms with E-state index in [9.17, 15) is 19.2 Å². The number of hydrogen-bond acceptors (Lipinski definition) is 5. The standard InChI is InChI=1S/C23H30N2O5/c1-15(2)17-9-7-16(8-10-17)11-12-24-20(26)14-30-21(27)13-25-22(28)18-5-3-4-6-19(18)23(25)29/h7-10,15,18-19H,3-6,11-14H2,1-2H3,(H,24,26)/t18-,19+. The van der Waals surface area contributed by atoms with Crippen molar-refractivity contribution in [1.82, 2.24) is 10.2 Å². The van der Waals surface area contributed by atoms with Crippen LogP contribution in [0.3, 0.4) is 0 Å². The summed E-state index contributed by atoms with van der Waals surface area (Å²) in [5.41, 5.74) is 2.38. The Balaban J connectivity index is 1.37. The van der Waals surface area contributed by atoms with Gasteiger partial charge in [0.15, 0.2) is 6.61 Å². The van der Waals surface area contributed by atoms with Crippen LogP contribution in [0.4, 0.5) is 0 Å². The van der Waals surface area contributed by atoms with Crippen molar-refractivity contribution in [1.29, 1.82) is 0 Å². The van der Waals surface area contributed by atoms with Crippen molar-refractivity contribution in [2.75, 3.05) is 19.7 Å². The predicted molar refractivity (Wildman–Crippen MR) is 110 cm³/mol. The summed E-state index contributed by atoms with van der Waals surface area (Å²) in [6.07, 6.45) is 3.94. The summed E-state index contributed by atoms with van der Waals surface area (Å²) in [5, 5.41) is 2.71. The topological polar surface area (TPSA) is 92.8 Å². The largest absolute Gasteiger partial charge is 0.454 e. The molecular weight excluding hydrogens is 384 g/mol. The first-order valence-electron chi connectivity index (χ1n) is 10.7. The van der Waals surface area contributed by atoms with Crippen molar-refractivity contribution in [3.63, 3.8) is 0 Å². The van der Waals surface area contributed by atoms with Gasteiger partial charge in [-0.25, -0.2) is 0 Å². The number of carbonyl (C=O) groups is 4. The number of benzene rings is 1. The molecule has 1 aliphatic carbocycles. The number of nitrogens with one attached hydrogen (secondary N) is 1.